The van der Waals surface area contributed by atoms with Crippen molar-refractivity contribution in [1.82, 2.24) is 29.7 Å². The largest absolute Gasteiger partial charge is 0.480 e. The van der Waals surface area contributed by atoms with Crippen LogP contribution in [0.15, 0.2) is 53.4 Å². The number of anilines is 1. The maximum atomic E-state index is 13.0. The summed E-state index contributed by atoms with van der Waals surface area (Å²) in [7, 11) is 1.55. The van der Waals surface area contributed by atoms with Gasteiger partial charge in [-0.1, -0.05) is 12.1 Å². The van der Waals surface area contributed by atoms with Crippen LogP contribution in [0.5, 0.6) is 5.88 Å². The summed E-state index contributed by atoms with van der Waals surface area (Å²) in [4.78, 5) is 18.2. The number of furan rings is 1. The van der Waals surface area contributed by atoms with E-state index in [9.17, 15) is 13.2 Å². The fourth-order valence-electron chi connectivity index (χ4n) is 4.32. The van der Waals surface area contributed by atoms with Crippen LogP contribution in [-0.2, 0) is 12.7 Å². The molecule has 0 aliphatic heterocycles. The molecule has 6 rings (SSSR count). The van der Waals surface area contributed by atoms with E-state index in [0.29, 0.717) is 58.0 Å². The molecule has 4 aromatic heterocycles. The Morgan fingerprint density at radius 1 is 1.11 bits per heavy atom. The highest BCUT2D eigenvalue weighted by Crippen LogP contribution is 2.45. The molecular weight excluding hydrogens is 499 g/mol. The molecule has 194 valence electrons. The summed E-state index contributed by atoms with van der Waals surface area (Å²) in [5.41, 5.74) is 3.54. The zero-order valence-corrected chi connectivity index (χ0v) is 20.5. The standard InChI is InChI=1S/C26H22F3N7O2/c1-14-11-19(26(27,28)29)35-36(14)17-7-3-15(4-8-17)12-30-24-22-18(9-10-38-22)33-23(34-24)20-21(16-5-6-16)31-13-32-25(20)37-2/h3-4,7-11,13,16H,5-6,12H2,1-2H3,(H,30,33,34). The first-order chi connectivity index (χ1) is 18.3. The Kier molecular flexibility index (Phi) is 5.73. The van der Waals surface area contributed by atoms with Crippen LogP contribution in [0.1, 0.15) is 41.4 Å². The topological polar surface area (TPSA) is 104 Å². The van der Waals surface area contributed by atoms with E-state index in [2.05, 4.69) is 25.4 Å². The number of rotatable bonds is 7. The first kappa shape index (κ1) is 23.9. The number of hydrogen-bond acceptors (Lipinski definition) is 8. The van der Waals surface area contributed by atoms with Gasteiger partial charge >= 0.3 is 6.18 Å². The van der Waals surface area contributed by atoms with Gasteiger partial charge < -0.3 is 14.5 Å². The molecule has 5 aromatic rings. The van der Waals surface area contributed by atoms with Gasteiger partial charge in [0.05, 0.1) is 24.8 Å². The number of hydrogen-bond donors (Lipinski definition) is 1. The minimum Gasteiger partial charge on any atom is -0.480 e. The van der Waals surface area contributed by atoms with Gasteiger partial charge in [-0.05, 0) is 43.5 Å². The first-order valence-electron chi connectivity index (χ1n) is 11.9. The maximum Gasteiger partial charge on any atom is 0.435 e. The van der Waals surface area contributed by atoms with Gasteiger partial charge in [0.25, 0.3) is 0 Å². The summed E-state index contributed by atoms with van der Waals surface area (Å²) >= 11 is 0. The molecule has 1 saturated carbocycles. The Labute approximate surface area is 214 Å². The summed E-state index contributed by atoms with van der Waals surface area (Å²) in [5.74, 6) is 1.66. The van der Waals surface area contributed by atoms with Crippen molar-refractivity contribution < 1.29 is 22.3 Å². The summed E-state index contributed by atoms with van der Waals surface area (Å²) in [6, 6.07) is 9.86. The highest BCUT2D eigenvalue weighted by Gasteiger charge is 2.34. The van der Waals surface area contributed by atoms with Crippen LogP contribution in [-0.4, -0.2) is 36.8 Å². The third-order valence-corrected chi connectivity index (χ3v) is 6.35. The minimum absolute atomic E-state index is 0.325. The molecule has 1 N–H and O–H groups in total. The molecule has 1 aromatic carbocycles. The Morgan fingerprint density at radius 2 is 1.89 bits per heavy atom. The van der Waals surface area contributed by atoms with E-state index >= 15 is 0 Å². The normalized spacial score (nSPS) is 13.7. The van der Waals surface area contributed by atoms with Gasteiger partial charge in [-0.25, -0.2) is 24.6 Å². The van der Waals surface area contributed by atoms with E-state index in [1.165, 1.54) is 11.0 Å². The molecule has 1 aliphatic rings. The molecule has 1 aliphatic carbocycles. The van der Waals surface area contributed by atoms with Crippen molar-refractivity contribution in [2.75, 3.05) is 12.4 Å². The molecule has 0 unspecified atom stereocenters. The lowest BCUT2D eigenvalue weighted by atomic mass is 10.1. The van der Waals surface area contributed by atoms with Crippen molar-refractivity contribution in [3.63, 3.8) is 0 Å². The average Bonchev–Trinajstić information content (AvgIpc) is 3.51. The van der Waals surface area contributed by atoms with Crippen LogP contribution in [0, 0.1) is 6.92 Å². The number of ether oxygens (including phenoxy) is 1. The number of aromatic nitrogens is 6. The van der Waals surface area contributed by atoms with Gasteiger partial charge in [-0.15, -0.1) is 0 Å². The highest BCUT2D eigenvalue weighted by atomic mass is 19.4. The van der Waals surface area contributed by atoms with Crippen molar-refractivity contribution in [3.8, 4) is 23.0 Å². The van der Waals surface area contributed by atoms with Crippen LogP contribution in [0.2, 0.25) is 0 Å². The molecule has 0 saturated heterocycles. The maximum absolute atomic E-state index is 13.0. The van der Waals surface area contributed by atoms with Crippen molar-refractivity contribution in [3.05, 3.63) is 71.6 Å². The predicted molar refractivity (Wildman–Crippen MR) is 132 cm³/mol. The van der Waals surface area contributed by atoms with E-state index in [0.717, 1.165) is 30.2 Å². The molecular formula is C26H22F3N7O2. The molecule has 9 nitrogen and oxygen atoms in total. The van der Waals surface area contributed by atoms with Crippen molar-refractivity contribution >= 4 is 16.9 Å². The number of benzene rings is 1. The summed E-state index contributed by atoms with van der Waals surface area (Å²) in [6.45, 7) is 1.97. The van der Waals surface area contributed by atoms with E-state index in [1.807, 2.05) is 12.1 Å². The van der Waals surface area contributed by atoms with Crippen LogP contribution in [0.4, 0.5) is 19.0 Å². The third kappa shape index (κ3) is 4.42. The van der Waals surface area contributed by atoms with Crippen LogP contribution in [0.3, 0.4) is 0 Å². The Morgan fingerprint density at radius 3 is 2.58 bits per heavy atom. The number of aryl methyl sites for hydroxylation is 1. The van der Waals surface area contributed by atoms with Crippen LogP contribution in [0.25, 0.3) is 28.2 Å². The average molecular weight is 522 g/mol. The zero-order valence-electron chi connectivity index (χ0n) is 20.5. The number of halogens is 3. The number of alkyl halides is 3. The Hall–Kier alpha value is -4.48. The van der Waals surface area contributed by atoms with Gasteiger partial charge in [-0.3, -0.25) is 0 Å². The first-order valence-corrected chi connectivity index (χ1v) is 11.9. The molecule has 0 radical (unpaired) electrons. The van der Waals surface area contributed by atoms with Gasteiger partial charge in [0.2, 0.25) is 5.88 Å². The molecule has 4 heterocycles. The van der Waals surface area contributed by atoms with Gasteiger partial charge in [-0.2, -0.15) is 18.3 Å². The molecule has 38 heavy (non-hydrogen) atoms. The molecule has 1 fully saturated rings. The summed E-state index contributed by atoms with van der Waals surface area (Å²) < 4.78 is 51.5. The molecule has 0 amide bonds. The molecule has 0 spiro atoms. The second kappa shape index (κ2) is 9.12. The zero-order chi connectivity index (χ0) is 26.4. The molecule has 0 bridgehead atoms. The van der Waals surface area contributed by atoms with Gasteiger partial charge in [0, 0.05) is 24.2 Å². The third-order valence-electron chi connectivity index (χ3n) is 6.35. The SMILES string of the molecule is COc1ncnc(C2CC2)c1-c1nc(NCc2ccc(-n3nc(C(F)(F)F)cc3C)cc2)c2occc2n1. The quantitative estimate of drug-likeness (QED) is 0.291. The van der Waals surface area contributed by atoms with Gasteiger partial charge in [0.1, 0.15) is 17.4 Å². The lowest BCUT2D eigenvalue weighted by Gasteiger charge is -2.13. The van der Waals surface area contributed by atoms with Crippen LogP contribution >= 0.6 is 0 Å². The fraction of sp³-hybridized carbons (Fsp3) is 0.269. The van der Waals surface area contributed by atoms with Crippen molar-refractivity contribution in [1.29, 1.82) is 0 Å². The Bertz CT molecular complexity index is 1620. The number of fused-ring (bicyclic) bond motifs is 1. The second-order valence-corrected chi connectivity index (χ2v) is 9.05. The number of nitrogens with zero attached hydrogens (tertiary/aromatic N) is 6. The predicted octanol–water partition coefficient (Wildman–Crippen LogP) is 5.69. The Balaban J connectivity index is 1.28. The second-order valence-electron chi connectivity index (χ2n) is 9.05. The lowest BCUT2D eigenvalue weighted by molar-refractivity contribution is -0.141. The summed E-state index contributed by atoms with van der Waals surface area (Å²) in [5, 5.41) is 7.00. The van der Waals surface area contributed by atoms with E-state index < -0.39 is 11.9 Å². The smallest absolute Gasteiger partial charge is 0.435 e. The van der Waals surface area contributed by atoms with E-state index in [1.54, 1.807) is 38.5 Å². The van der Waals surface area contributed by atoms with Crippen LogP contribution < -0.4 is 10.1 Å². The van der Waals surface area contributed by atoms with E-state index in [4.69, 9.17) is 14.1 Å². The monoisotopic (exact) mass is 521 g/mol. The molecule has 0 atom stereocenters. The number of methoxy groups -OCH3 is 1. The van der Waals surface area contributed by atoms with E-state index in [-0.39, 0.29) is 0 Å². The lowest BCUT2D eigenvalue weighted by Crippen LogP contribution is -2.08. The minimum atomic E-state index is -4.50. The molecule has 12 heteroatoms. The highest BCUT2D eigenvalue weighted by molar-refractivity contribution is 5.86. The fourth-order valence-corrected chi connectivity index (χ4v) is 4.32. The van der Waals surface area contributed by atoms with Gasteiger partial charge in [0.15, 0.2) is 22.9 Å². The number of nitrogens with one attached hydrogen (secondary N) is 1. The van der Waals surface area contributed by atoms with Crippen molar-refractivity contribution in [2.24, 2.45) is 0 Å². The van der Waals surface area contributed by atoms with Crippen molar-refractivity contribution in [2.45, 2.75) is 38.4 Å². The summed E-state index contributed by atoms with van der Waals surface area (Å²) in [6.07, 6.45) is 0.619.